The van der Waals surface area contributed by atoms with Crippen molar-refractivity contribution in [1.82, 2.24) is 5.32 Å². The summed E-state index contributed by atoms with van der Waals surface area (Å²) in [5.74, 6) is -0.116. The van der Waals surface area contributed by atoms with Crippen LogP contribution in [0.5, 0.6) is 5.75 Å². The Morgan fingerprint density at radius 2 is 2.16 bits per heavy atom. The van der Waals surface area contributed by atoms with Gasteiger partial charge in [0, 0.05) is 17.1 Å². The largest absolute Gasteiger partial charge is 0.494 e. The summed E-state index contributed by atoms with van der Waals surface area (Å²) in [6.07, 6.45) is 0. The van der Waals surface area contributed by atoms with Crippen LogP contribution in [0.15, 0.2) is 18.2 Å². The zero-order valence-corrected chi connectivity index (χ0v) is 12.2. The van der Waals surface area contributed by atoms with Gasteiger partial charge in [0.05, 0.1) is 6.61 Å². The van der Waals surface area contributed by atoms with E-state index in [9.17, 15) is 4.79 Å². The van der Waals surface area contributed by atoms with Crippen LogP contribution in [0.4, 0.5) is 0 Å². The minimum atomic E-state index is -0.852. The van der Waals surface area contributed by atoms with E-state index in [1.807, 2.05) is 20.8 Å². The highest BCUT2D eigenvalue weighted by atomic mass is 35.5. The Morgan fingerprint density at radius 3 is 2.68 bits per heavy atom. The molecule has 0 saturated heterocycles. The van der Waals surface area contributed by atoms with Crippen molar-refractivity contribution in [2.45, 2.75) is 33.4 Å². The van der Waals surface area contributed by atoms with Gasteiger partial charge in [0.1, 0.15) is 11.8 Å². The fourth-order valence-electron chi connectivity index (χ4n) is 1.81. The predicted octanol–water partition coefficient (Wildman–Crippen LogP) is 2.94. The Hall–Kier alpha value is -1.26. The maximum absolute atomic E-state index is 11.1. The number of rotatable bonds is 7. The first kappa shape index (κ1) is 15.8. The summed E-state index contributed by atoms with van der Waals surface area (Å²) in [4.78, 5) is 11.1. The van der Waals surface area contributed by atoms with Crippen molar-refractivity contribution in [3.05, 3.63) is 28.8 Å². The van der Waals surface area contributed by atoms with E-state index in [1.54, 1.807) is 18.2 Å². The second-order valence-corrected chi connectivity index (χ2v) is 5.06. The quantitative estimate of drug-likeness (QED) is 0.809. The number of carboxylic acid groups (broad SMARTS) is 1. The van der Waals surface area contributed by atoms with Gasteiger partial charge >= 0.3 is 5.97 Å². The van der Waals surface area contributed by atoms with E-state index in [-0.39, 0.29) is 5.92 Å². The molecule has 4 nitrogen and oxygen atoms in total. The van der Waals surface area contributed by atoms with E-state index in [1.165, 1.54) is 0 Å². The molecule has 0 unspecified atom stereocenters. The summed E-state index contributed by atoms with van der Waals surface area (Å²) in [7, 11) is 0. The van der Waals surface area contributed by atoms with Crippen LogP contribution in [0.3, 0.4) is 0 Å². The first-order chi connectivity index (χ1) is 8.95. The van der Waals surface area contributed by atoms with Crippen molar-refractivity contribution >= 4 is 17.6 Å². The minimum absolute atomic E-state index is 0.00669. The summed E-state index contributed by atoms with van der Waals surface area (Å²) in [5, 5.41) is 12.8. The molecule has 1 atom stereocenters. The summed E-state index contributed by atoms with van der Waals surface area (Å²) in [5.41, 5.74) is 0.862. The monoisotopic (exact) mass is 285 g/mol. The molecule has 0 bridgehead atoms. The number of halogens is 1. The van der Waals surface area contributed by atoms with Gasteiger partial charge in [-0.25, -0.2) is 0 Å². The molecule has 106 valence electrons. The van der Waals surface area contributed by atoms with E-state index < -0.39 is 12.0 Å². The van der Waals surface area contributed by atoms with E-state index in [4.69, 9.17) is 21.4 Å². The van der Waals surface area contributed by atoms with Crippen LogP contribution in [0.25, 0.3) is 0 Å². The van der Waals surface area contributed by atoms with Crippen LogP contribution < -0.4 is 10.1 Å². The third-order valence-electron chi connectivity index (χ3n) is 2.77. The zero-order valence-electron chi connectivity index (χ0n) is 11.4. The molecular weight excluding hydrogens is 266 g/mol. The third-order valence-corrected chi connectivity index (χ3v) is 3.00. The van der Waals surface area contributed by atoms with Crippen LogP contribution in [-0.4, -0.2) is 23.7 Å². The van der Waals surface area contributed by atoms with Gasteiger partial charge < -0.3 is 9.84 Å². The second kappa shape index (κ2) is 7.36. The van der Waals surface area contributed by atoms with Crippen LogP contribution in [0.2, 0.25) is 5.02 Å². The lowest BCUT2D eigenvalue weighted by atomic mass is 10.0. The molecule has 0 radical (unpaired) electrons. The van der Waals surface area contributed by atoms with Crippen LogP contribution in [0.1, 0.15) is 26.3 Å². The molecule has 0 saturated carbocycles. The molecule has 0 aromatic heterocycles. The van der Waals surface area contributed by atoms with E-state index in [2.05, 4.69) is 5.32 Å². The predicted molar refractivity (Wildman–Crippen MR) is 75.7 cm³/mol. The summed E-state index contributed by atoms with van der Waals surface area (Å²) in [6, 6.07) is 4.76. The van der Waals surface area contributed by atoms with Crippen LogP contribution >= 0.6 is 11.6 Å². The Bertz CT molecular complexity index is 435. The van der Waals surface area contributed by atoms with Gasteiger partial charge in [0.15, 0.2) is 0 Å². The maximum Gasteiger partial charge on any atom is 0.320 e. The molecule has 19 heavy (non-hydrogen) atoms. The fraction of sp³-hybridized carbons (Fsp3) is 0.500. The first-order valence-corrected chi connectivity index (χ1v) is 6.71. The average molecular weight is 286 g/mol. The molecule has 0 heterocycles. The number of hydrogen-bond acceptors (Lipinski definition) is 3. The number of aliphatic carboxylic acids is 1. The van der Waals surface area contributed by atoms with Crippen molar-refractivity contribution in [3.63, 3.8) is 0 Å². The van der Waals surface area contributed by atoms with E-state index >= 15 is 0 Å². The molecule has 0 aliphatic rings. The molecule has 0 spiro atoms. The topological polar surface area (TPSA) is 58.6 Å². The van der Waals surface area contributed by atoms with Crippen LogP contribution in [0, 0.1) is 5.92 Å². The lowest BCUT2D eigenvalue weighted by molar-refractivity contribution is -0.140. The molecule has 1 rings (SSSR count). The third kappa shape index (κ3) is 4.73. The minimum Gasteiger partial charge on any atom is -0.494 e. The highest BCUT2D eigenvalue weighted by molar-refractivity contribution is 6.30. The number of carboxylic acids is 1. The number of carbonyl (C=O) groups is 1. The smallest absolute Gasteiger partial charge is 0.320 e. The number of ether oxygens (including phenoxy) is 1. The Kier molecular flexibility index (Phi) is 6.12. The first-order valence-electron chi connectivity index (χ1n) is 6.33. The summed E-state index contributed by atoms with van der Waals surface area (Å²) < 4.78 is 5.50. The summed E-state index contributed by atoms with van der Waals surface area (Å²) in [6.45, 7) is 6.60. The molecule has 1 aromatic rings. The molecule has 0 fully saturated rings. The number of benzene rings is 1. The average Bonchev–Trinajstić information content (AvgIpc) is 2.32. The van der Waals surface area contributed by atoms with Gasteiger partial charge in [-0.2, -0.15) is 0 Å². The maximum atomic E-state index is 11.1. The van der Waals surface area contributed by atoms with Crippen molar-refractivity contribution in [3.8, 4) is 5.75 Å². The standard InChI is InChI=1S/C14H20ClNO3/c1-4-19-12-6-5-11(15)7-10(12)8-16-13(9(2)3)14(17)18/h5-7,9,13,16H,4,8H2,1-3H3,(H,17,18)/t13-/m0/s1. The molecule has 0 aliphatic heterocycles. The van der Waals surface area contributed by atoms with Crippen molar-refractivity contribution in [1.29, 1.82) is 0 Å². The van der Waals surface area contributed by atoms with Gasteiger partial charge in [0.2, 0.25) is 0 Å². The Labute approximate surface area is 118 Å². The highest BCUT2D eigenvalue weighted by Crippen LogP contribution is 2.23. The normalized spacial score (nSPS) is 12.5. The number of hydrogen-bond donors (Lipinski definition) is 2. The molecule has 0 amide bonds. The summed E-state index contributed by atoms with van der Waals surface area (Å²) >= 11 is 5.96. The molecule has 0 aliphatic carbocycles. The molecule has 2 N–H and O–H groups in total. The van der Waals surface area contributed by atoms with Gasteiger partial charge in [-0.05, 0) is 31.0 Å². The zero-order chi connectivity index (χ0) is 14.4. The molecule has 5 heteroatoms. The molecule has 1 aromatic carbocycles. The van der Waals surface area contributed by atoms with Gasteiger partial charge in [-0.15, -0.1) is 0 Å². The number of nitrogens with one attached hydrogen (secondary N) is 1. The van der Waals surface area contributed by atoms with Crippen molar-refractivity contribution in [2.24, 2.45) is 5.92 Å². The van der Waals surface area contributed by atoms with Crippen molar-refractivity contribution < 1.29 is 14.6 Å². The Balaban J connectivity index is 2.80. The lowest BCUT2D eigenvalue weighted by Gasteiger charge is -2.19. The lowest BCUT2D eigenvalue weighted by Crippen LogP contribution is -2.40. The molecular formula is C14H20ClNO3. The Morgan fingerprint density at radius 1 is 1.47 bits per heavy atom. The van der Waals surface area contributed by atoms with Gasteiger partial charge in [-0.1, -0.05) is 25.4 Å². The second-order valence-electron chi connectivity index (χ2n) is 4.63. The van der Waals surface area contributed by atoms with Gasteiger partial charge in [0.25, 0.3) is 0 Å². The van der Waals surface area contributed by atoms with Crippen LogP contribution in [-0.2, 0) is 11.3 Å². The fourth-order valence-corrected chi connectivity index (χ4v) is 2.01. The van der Waals surface area contributed by atoms with Crippen molar-refractivity contribution in [2.75, 3.05) is 6.61 Å². The van der Waals surface area contributed by atoms with E-state index in [0.29, 0.717) is 18.2 Å². The van der Waals surface area contributed by atoms with E-state index in [0.717, 1.165) is 11.3 Å². The highest BCUT2D eigenvalue weighted by Gasteiger charge is 2.21. The van der Waals surface area contributed by atoms with Gasteiger partial charge in [-0.3, -0.25) is 10.1 Å². The SMILES string of the molecule is CCOc1ccc(Cl)cc1CN[C@H](C(=O)O)C(C)C.